The molecule has 24 heavy (non-hydrogen) atoms. The van der Waals surface area contributed by atoms with Crippen LogP contribution in [0.2, 0.25) is 0 Å². The van der Waals surface area contributed by atoms with Crippen molar-refractivity contribution in [1.82, 2.24) is 0 Å². The van der Waals surface area contributed by atoms with Gasteiger partial charge in [0.1, 0.15) is 0 Å². The molecule has 0 bridgehead atoms. The number of hydrogen-bond donors (Lipinski definition) is 4. The molecule has 0 amide bonds. The quantitative estimate of drug-likeness (QED) is 0.275. The van der Waals surface area contributed by atoms with Crippen LogP contribution in [0.4, 0.5) is 0 Å². The van der Waals surface area contributed by atoms with E-state index in [1.807, 2.05) is 0 Å². The fourth-order valence-electron chi connectivity index (χ4n) is 1.99. The van der Waals surface area contributed by atoms with Crippen LogP contribution < -0.4 is 0 Å². The Morgan fingerprint density at radius 3 is 1.92 bits per heavy atom. The number of carboxylic acid groups (broad SMARTS) is 3. The molecule has 12 nitrogen and oxygen atoms in total. The van der Waals surface area contributed by atoms with Crippen LogP contribution in [0, 0.1) is 0 Å². The van der Waals surface area contributed by atoms with Crippen molar-refractivity contribution in [3.05, 3.63) is 0 Å². The van der Waals surface area contributed by atoms with E-state index in [-0.39, 0.29) is 0 Å². The minimum atomic E-state index is -2.95. The standard InChI is InChI=1S/C12H12O12/c13-5(14)1-12(9(19)20,2-6(15)16)24-8(18)4-11(22)3-7(17)23-10(11)21/h22H,1-4H2,(H,13,14)(H,15,16)(H,19,20). The van der Waals surface area contributed by atoms with Gasteiger partial charge in [0.2, 0.25) is 5.60 Å². The number of aliphatic hydroxyl groups is 1. The van der Waals surface area contributed by atoms with Crippen molar-refractivity contribution in [3.63, 3.8) is 0 Å². The molecule has 1 saturated heterocycles. The van der Waals surface area contributed by atoms with Crippen molar-refractivity contribution in [2.24, 2.45) is 0 Å². The van der Waals surface area contributed by atoms with Gasteiger partial charge in [-0.15, -0.1) is 0 Å². The van der Waals surface area contributed by atoms with Crippen LogP contribution in [0.15, 0.2) is 0 Å². The van der Waals surface area contributed by atoms with Crippen molar-refractivity contribution in [2.45, 2.75) is 36.9 Å². The monoisotopic (exact) mass is 348 g/mol. The molecule has 1 aliphatic heterocycles. The maximum Gasteiger partial charge on any atom is 0.349 e. The number of ether oxygens (including phenoxy) is 2. The molecule has 1 atom stereocenters. The number of esters is 3. The third-order valence-corrected chi connectivity index (χ3v) is 3.03. The molecule has 0 aromatic heterocycles. The van der Waals surface area contributed by atoms with Gasteiger partial charge in [0, 0.05) is 0 Å². The first-order valence-electron chi connectivity index (χ1n) is 6.26. The molecule has 1 fully saturated rings. The second kappa shape index (κ2) is 6.62. The van der Waals surface area contributed by atoms with E-state index < -0.39 is 72.7 Å². The van der Waals surface area contributed by atoms with Crippen molar-refractivity contribution in [1.29, 1.82) is 0 Å². The Hall–Kier alpha value is -3.02. The topological polar surface area (TPSA) is 202 Å². The molecule has 0 saturated carbocycles. The van der Waals surface area contributed by atoms with E-state index in [0.717, 1.165) is 0 Å². The molecule has 0 aromatic carbocycles. The molecule has 0 aliphatic carbocycles. The molecule has 0 radical (unpaired) electrons. The van der Waals surface area contributed by atoms with E-state index in [9.17, 15) is 33.9 Å². The predicted molar refractivity (Wildman–Crippen MR) is 66.2 cm³/mol. The smallest absolute Gasteiger partial charge is 0.349 e. The van der Waals surface area contributed by atoms with Crippen molar-refractivity contribution < 1.29 is 58.7 Å². The summed E-state index contributed by atoms with van der Waals surface area (Å²) < 4.78 is 8.50. The Morgan fingerprint density at radius 2 is 1.58 bits per heavy atom. The lowest BCUT2D eigenvalue weighted by molar-refractivity contribution is -0.189. The largest absolute Gasteiger partial charge is 0.481 e. The number of hydrogen-bond acceptors (Lipinski definition) is 9. The first-order chi connectivity index (χ1) is 10.9. The maximum absolute atomic E-state index is 11.8. The van der Waals surface area contributed by atoms with Gasteiger partial charge in [-0.1, -0.05) is 0 Å². The Bertz CT molecular complexity index is 604. The highest BCUT2D eigenvalue weighted by atomic mass is 16.6. The minimum Gasteiger partial charge on any atom is -0.481 e. The zero-order chi connectivity index (χ0) is 18.7. The van der Waals surface area contributed by atoms with Crippen LogP contribution in [-0.2, 0) is 38.2 Å². The summed E-state index contributed by atoms with van der Waals surface area (Å²) in [5.41, 5.74) is -5.54. The molecular weight excluding hydrogens is 336 g/mol. The SMILES string of the molecule is O=C(O)CC(CC(=O)O)(OC(=O)CC1(O)CC(=O)OC1=O)C(=O)O. The Morgan fingerprint density at radius 1 is 1.08 bits per heavy atom. The molecule has 1 aliphatic rings. The first kappa shape index (κ1) is 19.0. The highest BCUT2D eigenvalue weighted by Gasteiger charge is 2.52. The van der Waals surface area contributed by atoms with Crippen molar-refractivity contribution >= 4 is 35.8 Å². The number of rotatable bonds is 8. The van der Waals surface area contributed by atoms with Gasteiger partial charge in [-0.25, -0.2) is 9.59 Å². The Balaban J connectivity index is 3.00. The van der Waals surface area contributed by atoms with Crippen molar-refractivity contribution in [3.8, 4) is 0 Å². The maximum atomic E-state index is 11.8. The fraction of sp³-hybridized carbons (Fsp3) is 0.500. The van der Waals surface area contributed by atoms with Gasteiger partial charge in [-0.2, -0.15) is 0 Å². The van der Waals surface area contributed by atoms with Gasteiger partial charge in [-0.3, -0.25) is 19.2 Å². The van der Waals surface area contributed by atoms with E-state index in [1.54, 1.807) is 0 Å². The van der Waals surface area contributed by atoms with Crippen LogP contribution in [-0.4, -0.2) is 67.4 Å². The number of carbonyl (C=O) groups is 6. The molecule has 1 heterocycles. The molecule has 4 N–H and O–H groups in total. The lowest BCUT2D eigenvalue weighted by Crippen LogP contribution is -2.48. The summed E-state index contributed by atoms with van der Waals surface area (Å²) in [5, 5.41) is 36.3. The van der Waals surface area contributed by atoms with Gasteiger partial charge in [0.25, 0.3) is 0 Å². The lowest BCUT2D eigenvalue weighted by atomic mass is 9.94. The zero-order valence-electron chi connectivity index (χ0n) is 11.9. The van der Waals surface area contributed by atoms with E-state index in [2.05, 4.69) is 9.47 Å². The average Bonchev–Trinajstić information content (AvgIpc) is 2.59. The molecule has 0 spiro atoms. The second-order valence-corrected chi connectivity index (χ2v) is 5.06. The van der Waals surface area contributed by atoms with Crippen LogP contribution in [0.5, 0.6) is 0 Å². The third kappa shape index (κ3) is 4.25. The Kier molecular flexibility index (Phi) is 5.25. The van der Waals surface area contributed by atoms with E-state index in [4.69, 9.17) is 15.3 Å². The summed E-state index contributed by atoms with van der Waals surface area (Å²) >= 11 is 0. The molecule has 12 heteroatoms. The summed E-state index contributed by atoms with van der Waals surface area (Å²) in [5.74, 6) is -9.74. The molecule has 1 unspecified atom stereocenters. The lowest BCUT2D eigenvalue weighted by Gasteiger charge is -2.27. The first-order valence-corrected chi connectivity index (χ1v) is 6.26. The van der Waals surface area contributed by atoms with E-state index in [0.29, 0.717) is 0 Å². The second-order valence-electron chi connectivity index (χ2n) is 5.06. The summed E-state index contributed by atoms with van der Waals surface area (Å²) in [6, 6.07) is 0. The fourth-order valence-corrected chi connectivity index (χ4v) is 1.99. The highest BCUT2D eigenvalue weighted by molar-refractivity contribution is 6.01. The number of carbonyl (C=O) groups excluding carboxylic acids is 3. The zero-order valence-corrected chi connectivity index (χ0v) is 11.9. The summed E-state index contributed by atoms with van der Waals surface area (Å²) in [6.45, 7) is 0. The minimum absolute atomic E-state index is 0.890. The highest BCUT2D eigenvalue weighted by Crippen LogP contribution is 2.28. The van der Waals surface area contributed by atoms with Gasteiger partial charge < -0.3 is 29.9 Å². The normalized spacial score (nSPS) is 20.4. The molecule has 0 aromatic rings. The van der Waals surface area contributed by atoms with Gasteiger partial charge in [-0.05, 0) is 0 Å². The predicted octanol–water partition coefficient (Wildman–Crippen LogP) is -2.10. The molecule has 132 valence electrons. The average molecular weight is 348 g/mol. The number of aliphatic carboxylic acids is 3. The van der Waals surface area contributed by atoms with E-state index >= 15 is 0 Å². The Labute approximate surface area is 132 Å². The van der Waals surface area contributed by atoms with Crippen LogP contribution >= 0.6 is 0 Å². The van der Waals surface area contributed by atoms with Gasteiger partial charge in [0.15, 0.2) is 5.60 Å². The molecular formula is C12H12O12. The van der Waals surface area contributed by atoms with Crippen molar-refractivity contribution in [2.75, 3.05) is 0 Å². The summed E-state index contributed by atoms with van der Waals surface area (Å²) in [7, 11) is 0. The number of cyclic esters (lactones) is 2. The number of carboxylic acids is 3. The molecule has 1 rings (SSSR count). The van der Waals surface area contributed by atoms with Crippen LogP contribution in [0.25, 0.3) is 0 Å². The van der Waals surface area contributed by atoms with Crippen LogP contribution in [0.3, 0.4) is 0 Å². The van der Waals surface area contributed by atoms with Crippen LogP contribution in [0.1, 0.15) is 25.7 Å². The summed E-state index contributed by atoms with van der Waals surface area (Å²) in [6.07, 6.45) is -4.85. The summed E-state index contributed by atoms with van der Waals surface area (Å²) in [4.78, 5) is 66.8. The third-order valence-electron chi connectivity index (χ3n) is 3.03. The van der Waals surface area contributed by atoms with Gasteiger partial charge >= 0.3 is 35.8 Å². The van der Waals surface area contributed by atoms with Gasteiger partial charge in [0.05, 0.1) is 25.7 Å². The van der Waals surface area contributed by atoms with E-state index in [1.165, 1.54) is 0 Å².